The highest BCUT2D eigenvalue weighted by atomic mass is 16.5. The third-order valence-electron chi connectivity index (χ3n) is 4.44. The summed E-state index contributed by atoms with van der Waals surface area (Å²) in [6.45, 7) is 9.91. The molecule has 1 saturated heterocycles. The highest BCUT2D eigenvalue weighted by Crippen LogP contribution is 2.33. The molecule has 2 unspecified atom stereocenters. The first kappa shape index (κ1) is 14.8. The summed E-state index contributed by atoms with van der Waals surface area (Å²) in [5.74, 6) is 0.609. The Morgan fingerprint density at radius 3 is 2.53 bits per heavy atom. The maximum Gasteiger partial charge on any atom is 0.324 e. The van der Waals surface area contributed by atoms with Crippen LogP contribution in [-0.2, 0) is 9.53 Å². The molecule has 4 heteroatoms. The van der Waals surface area contributed by atoms with Crippen LogP contribution in [0.4, 0.5) is 0 Å². The molecule has 0 aromatic rings. The van der Waals surface area contributed by atoms with Crippen molar-refractivity contribution in [2.45, 2.75) is 52.1 Å². The van der Waals surface area contributed by atoms with Crippen LogP contribution >= 0.6 is 0 Å². The SMILES string of the molecule is COC(=O)C(CN1CCC(C(C)(C)C)C1)NC1CC1. The Balaban J connectivity index is 1.85. The maximum atomic E-state index is 11.8. The van der Waals surface area contributed by atoms with Gasteiger partial charge in [-0.25, -0.2) is 0 Å². The largest absolute Gasteiger partial charge is 0.468 e. The molecule has 0 aromatic carbocycles. The molecule has 2 atom stereocenters. The van der Waals surface area contributed by atoms with Crippen LogP contribution in [0.1, 0.15) is 40.0 Å². The van der Waals surface area contributed by atoms with Crippen LogP contribution in [0.5, 0.6) is 0 Å². The molecule has 1 N–H and O–H groups in total. The van der Waals surface area contributed by atoms with E-state index in [-0.39, 0.29) is 12.0 Å². The minimum absolute atomic E-state index is 0.119. The number of methoxy groups -OCH3 is 1. The lowest BCUT2D eigenvalue weighted by atomic mass is 9.80. The first-order valence-corrected chi connectivity index (χ1v) is 7.46. The van der Waals surface area contributed by atoms with Crippen LogP contribution in [0.3, 0.4) is 0 Å². The lowest BCUT2D eigenvalue weighted by Gasteiger charge is -2.28. The number of likely N-dealkylation sites (tertiary alicyclic amines) is 1. The Morgan fingerprint density at radius 2 is 2.05 bits per heavy atom. The molecular weight excluding hydrogens is 240 g/mol. The first-order valence-electron chi connectivity index (χ1n) is 7.46. The first-order chi connectivity index (χ1) is 8.90. The number of rotatable bonds is 5. The van der Waals surface area contributed by atoms with Gasteiger partial charge in [0.05, 0.1) is 7.11 Å². The predicted octanol–water partition coefficient (Wildman–Crippen LogP) is 1.65. The Kier molecular flexibility index (Phi) is 4.51. The van der Waals surface area contributed by atoms with Crippen molar-refractivity contribution >= 4 is 5.97 Å². The maximum absolute atomic E-state index is 11.8. The number of carbonyl (C=O) groups excluding carboxylic acids is 1. The van der Waals surface area contributed by atoms with Crippen molar-refractivity contribution in [1.82, 2.24) is 10.2 Å². The average molecular weight is 268 g/mol. The molecule has 0 bridgehead atoms. The number of esters is 1. The summed E-state index contributed by atoms with van der Waals surface area (Å²) in [5, 5.41) is 3.41. The lowest BCUT2D eigenvalue weighted by Crippen LogP contribution is -2.47. The van der Waals surface area contributed by atoms with Crippen LogP contribution in [0, 0.1) is 11.3 Å². The number of hydrogen-bond donors (Lipinski definition) is 1. The number of carbonyl (C=O) groups is 1. The van der Waals surface area contributed by atoms with E-state index in [0.29, 0.717) is 11.5 Å². The van der Waals surface area contributed by atoms with E-state index in [0.717, 1.165) is 25.6 Å². The quantitative estimate of drug-likeness (QED) is 0.770. The molecule has 2 rings (SSSR count). The second-order valence-corrected chi connectivity index (χ2v) is 7.13. The second-order valence-electron chi connectivity index (χ2n) is 7.13. The molecule has 19 heavy (non-hydrogen) atoms. The number of nitrogens with one attached hydrogen (secondary N) is 1. The van der Waals surface area contributed by atoms with Gasteiger partial charge < -0.3 is 15.0 Å². The Bertz CT molecular complexity index is 321. The van der Waals surface area contributed by atoms with Gasteiger partial charge in [0.2, 0.25) is 0 Å². The zero-order chi connectivity index (χ0) is 14.0. The molecule has 4 nitrogen and oxygen atoms in total. The number of hydrogen-bond acceptors (Lipinski definition) is 4. The Labute approximate surface area is 116 Å². The van der Waals surface area contributed by atoms with Gasteiger partial charge in [0.25, 0.3) is 0 Å². The Hall–Kier alpha value is -0.610. The van der Waals surface area contributed by atoms with Crippen molar-refractivity contribution in [3.63, 3.8) is 0 Å². The van der Waals surface area contributed by atoms with E-state index in [9.17, 15) is 4.79 Å². The van der Waals surface area contributed by atoms with Crippen molar-refractivity contribution in [2.24, 2.45) is 11.3 Å². The molecular formula is C15H28N2O2. The molecule has 1 aliphatic carbocycles. The van der Waals surface area contributed by atoms with E-state index >= 15 is 0 Å². The minimum atomic E-state index is -0.156. The van der Waals surface area contributed by atoms with E-state index in [2.05, 4.69) is 31.0 Å². The van der Waals surface area contributed by atoms with Gasteiger partial charge in [-0.3, -0.25) is 4.79 Å². The van der Waals surface area contributed by atoms with E-state index in [1.165, 1.54) is 26.4 Å². The fourth-order valence-corrected chi connectivity index (χ4v) is 2.84. The monoisotopic (exact) mass is 268 g/mol. The van der Waals surface area contributed by atoms with Gasteiger partial charge in [-0.2, -0.15) is 0 Å². The summed E-state index contributed by atoms with van der Waals surface area (Å²) < 4.78 is 4.92. The standard InChI is InChI=1S/C15H28N2O2/c1-15(2,3)11-7-8-17(9-11)10-13(14(18)19-4)16-12-5-6-12/h11-13,16H,5-10H2,1-4H3. The van der Waals surface area contributed by atoms with Gasteiger partial charge >= 0.3 is 5.97 Å². The van der Waals surface area contributed by atoms with Crippen LogP contribution in [0.15, 0.2) is 0 Å². The summed E-state index contributed by atoms with van der Waals surface area (Å²) in [4.78, 5) is 14.2. The van der Waals surface area contributed by atoms with Gasteiger partial charge in [-0.15, -0.1) is 0 Å². The normalized spacial score (nSPS) is 26.4. The Morgan fingerprint density at radius 1 is 1.37 bits per heavy atom. The summed E-state index contributed by atoms with van der Waals surface area (Å²) in [5.41, 5.74) is 0.361. The predicted molar refractivity (Wildman–Crippen MR) is 76.0 cm³/mol. The van der Waals surface area contributed by atoms with Crippen molar-refractivity contribution in [2.75, 3.05) is 26.7 Å². The molecule has 0 radical (unpaired) electrons. The summed E-state index contributed by atoms with van der Waals surface area (Å²) in [7, 11) is 1.48. The molecule has 1 heterocycles. The zero-order valence-corrected chi connectivity index (χ0v) is 12.7. The molecule has 2 fully saturated rings. The average Bonchev–Trinajstić information content (AvgIpc) is 3.01. The third kappa shape index (κ3) is 4.18. The van der Waals surface area contributed by atoms with Crippen LogP contribution in [-0.4, -0.2) is 49.7 Å². The fraction of sp³-hybridized carbons (Fsp3) is 0.933. The smallest absolute Gasteiger partial charge is 0.324 e. The highest BCUT2D eigenvalue weighted by molar-refractivity contribution is 5.76. The minimum Gasteiger partial charge on any atom is -0.468 e. The summed E-state index contributed by atoms with van der Waals surface area (Å²) in [6.07, 6.45) is 3.62. The molecule has 110 valence electrons. The second kappa shape index (κ2) is 5.80. The molecule has 1 saturated carbocycles. The van der Waals surface area contributed by atoms with Crippen molar-refractivity contribution < 1.29 is 9.53 Å². The fourth-order valence-electron chi connectivity index (χ4n) is 2.84. The summed E-state index contributed by atoms with van der Waals surface area (Å²) >= 11 is 0. The van der Waals surface area contributed by atoms with Gasteiger partial charge in [0, 0.05) is 19.1 Å². The lowest BCUT2D eigenvalue weighted by molar-refractivity contribution is -0.143. The van der Waals surface area contributed by atoms with Crippen LogP contribution < -0.4 is 5.32 Å². The summed E-state index contributed by atoms with van der Waals surface area (Å²) in [6, 6.07) is 0.376. The van der Waals surface area contributed by atoms with Crippen molar-refractivity contribution in [1.29, 1.82) is 0 Å². The molecule has 0 amide bonds. The molecule has 2 aliphatic rings. The third-order valence-corrected chi connectivity index (χ3v) is 4.44. The van der Waals surface area contributed by atoms with E-state index in [4.69, 9.17) is 4.74 Å². The van der Waals surface area contributed by atoms with E-state index < -0.39 is 0 Å². The van der Waals surface area contributed by atoms with Crippen LogP contribution in [0.25, 0.3) is 0 Å². The van der Waals surface area contributed by atoms with E-state index in [1.54, 1.807) is 0 Å². The van der Waals surface area contributed by atoms with Gasteiger partial charge in [-0.05, 0) is 37.1 Å². The highest BCUT2D eigenvalue weighted by Gasteiger charge is 2.35. The molecule has 0 spiro atoms. The van der Waals surface area contributed by atoms with Gasteiger partial charge in [0.1, 0.15) is 6.04 Å². The van der Waals surface area contributed by atoms with Crippen molar-refractivity contribution in [3.05, 3.63) is 0 Å². The number of nitrogens with zero attached hydrogens (tertiary/aromatic N) is 1. The van der Waals surface area contributed by atoms with E-state index in [1.807, 2.05) is 0 Å². The molecule has 1 aliphatic heterocycles. The van der Waals surface area contributed by atoms with Crippen LogP contribution in [0.2, 0.25) is 0 Å². The number of ether oxygens (including phenoxy) is 1. The van der Waals surface area contributed by atoms with Gasteiger partial charge in [-0.1, -0.05) is 20.8 Å². The topological polar surface area (TPSA) is 41.6 Å². The zero-order valence-electron chi connectivity index (χ0n) is 12.7. The van der Waals surface area contributed by atoms with Crippen molar-refractivity contribution in [3.8, 4) is 0 Å². The van der Waals surface area contributed by atoms with Gasteiger partial charge in [0.15, 0.2) is 0 Å². The molecule has 0 aromatic heterocycles.